The quantitative estimate of drug-likeness (QED) is 0.760. The van der Waals surface area contributed by atoms with Crippen LogP contribution < -0.4 is 10.6 Å². The van der Waals surface area contributed by atoms with Crippen LogP contribution >= 0.6 is 11.6 Å². The Morgan fingerprint density at radius 1 is 1.20 bits per heavy atom. The minimum absolute atomic E-state index is 0.211. The van der Waals surface area contributed by atoms with Crippen molar-refractivity contribution < 1.29 is 9.59 Å². The lowest BCUT2D eigenvalue weighted by Crippen LogP contribution is -2.52. The van der Waals surface area contributed by atoms with Crippen molar-refractivity contribution >= 4 is 34.3 Å². The van der Waals surface area contributed by atoms with E-state index in [1.54, 1.807) is 12.1 Å². The molecule has 6 heteroatoms. The smallest absolute Gasteiger partial charge is 0.268 e. The highest BCUT2D eigenvalue weighted by atomic mass is 35.5. The number of aromatic nitrogens is 1. The van der Waals surface area contributed by atoms with Crippen molar-refractivity contribution in [3.05, 3.63) is 70.9 Å². The molecule has 1 aliphatic heterocycles. The van der Waals surface area contributed by atoms with E-state index < -0.39 is 6.04 Å². The number of halogens is 1. The summed E-state index contributed by atoms with van der Waals surface area (Å²) in [5, 5.41) is 7.26. The molecule has 0 saturated carbocycles. The second-order valence-electron chi connectivity index (χ2n) is 6.07. The molecular weight excluding hydrogens is 338 g/mol. The summed E-state index contributed by atoms with van der Waals surface area (Å²) >= 11 is 5.95. The number of nitrogens with one attached hydrogen (secondary N) is 2. The van der Waals surface area contributed by atoms with Crippen LogP contribution in [0.15, 0.2) is 54.6 Å². The molecule has 0 saturated heterocycles. The van der Waals surface area contributed by atoms with Gasteiger partial charge in [0.05, 0.1) is 6.54 Å². The average Bonchev–Trinajstić information content (AvgIpc) is 2.99. The van der Waals surface area contributed by atoms with Crippen LogP contribution in [-0.2, 0) is 17.9 Å². The first-order valence-electron chi connectivity index (χ1n) is 8.03. The fourth-order valence-corrected chi connectivity index (χ4v) is 3.38. The Bertz CT molecular complexity index is 980. The van der Waals surface area contributed by atoms with Gasteiger partial charge in [0.25, 0.3) is 5.91 Å². The average molecular weight is 354 g/mol. The molecule has 2 N–H and O–H groups in total. The van der Waals surface area contributed by atoms with Crippen molar-refractivity contribution in [1.29, 1.82) is 0 Å². The van der Waals surface area contributed by atoms with E-state index in [9.17, 15) is 9.59 Å². The van der Waals surface area contributed by atoms with Crippen molar-refractivity contribution in [2.45, 2.75) is 19.1 Å². The van der Waals surface area contributed by atoms with Gasteiger partial charge in [0, 0.05) is 22.5 Å². The number of carbonyl (C=O) groups excluding carboxylic acids is 2. The Labute approximate surface area is 149 Å². The van der Waals surface area contributed by atoms with E-state index in [1.807, 2.05) is 47.0 Å². The number of rotatable bonds is 3. The van der Waals surface area contributed by atoms with Crippen LogP contribution in [0.1, 0.15) is 16.1 Å². The molecule has 4 rings (SSSR count). The second kappa shape index (κ2) is 6.26. The summed E-state index contributed by atoms with van der Waals surface area (Å²) in [6, 6.07) is 16.3. The third-order valence-corrected chi connectivity index (χ3v) is 4.62. The number of amides is 2. The minimum Gasteiger partial charge on any atom is -0.350 e. The van der Waals surface area contributed by atoms with Gasteiger partial charge in [-0.15, -0.1) is 0 Å². The lowest BCUT2D eigenvalue weighted by Gasteiger charge is -2.25. The highest BCUT2D eigenvalue weighted by Gasteiger charge is 2.30. The maximum atomic E-state index is 12.5. The number of fused-ring (bicyclic) bond motifs is 3. The topological polar surface area (TPSA) is 63.1 Å². The van der Waals surface area contributed by atoms with Crippen LogP contribution in [0.25, 0.3) is 10.9 Å². The third kappa shape index (κ3) is 2.98. The summed E-state index contributed by atoms with van der Waals surface area (Å²) in [4.78, 5) is 24.9. The van der Waals surface area contributed by atoms with Gasteiger partial charge >= 0.3 is 0 Å². The van der Waals surface area contributed by atoms with Gasteiger partial charge in [-0.05, 0) is 29.8 Å². The molecule has 0 fully saturated rings. The Hall–Kier alpha value is -2.79. The highest BCUT2D eigenvalue weighted by Crippen LogP contribution is 2.22. The number of hydrogen-bond donors (Lipinski definition) is 2. The van der Waals surface area contributed by atoms with Crippen molar-refractivity contribution in [3.8, 4) is 0 Å². The summed E-state index contributed by atoms with van der Waals surface area (Å²) in [5.41, 5.74) is 2.45. The zero-order valence-corrected chi connectivity index (χ0v) is 14.1. The van der Waals surface area contributed by atoms with E-state index in [-0.39, 0.29) is 11.8 Å². The van der Waals surface area contributed by atoms with E-state index in [0.29, 0.717) is 23.8 Å². The molecule has 0 spiro atoms. The maximum absolute atomic E-state index is 12.5. The number of hydrogen-bond acceptors (Lipinski definition) is 2. The molecule has 0 bridgehead atoms. The Morgan fingerprint density at radius 2 is 2.04 bits per heavy atom. The van der Waals surface area contributed by atoms with Crippen molar-refractivity contribution in [2.24, 2.45) is 0 Å². The molecule has 2 aromatic carbocycles. The van der Waals surface area contributed by atoms with Gasteiger partial charge in [0.2, 0.25) is 5.91 Å². The highest BCUT2D eigenvalue weighted by molar-refractivity contribution is 6.30. The van der Waals surface area contributed by atoms with Crippen LogP contribution in [-0.4, -0.2) is 22.4 Å². The number of para-hydroxylation sites is 1. The summed E-state index contributed by atoms with van der Waals surface area (Å²) in [6.45, 7) is 0.779. The molecule has 126 valence electrons. The van der Waals surface area contributed by atoms with Gasteiger partial charge in [-0.2, -0.15) is 0 Å². The third-order valence-electron chi connectivity index (χ3n) is 4.39. The molecule has 2 amide bonds. The molecule has 5 nitrogen and oxygen atoms in total. The van der Waals surface area contributed by atoms with Crippen LogP contribution in [0, 0.1) is 0 Å². The van der Waals surface area contributed by atoms with Gasteiger partial charge in [0.15, 0.2) is 0 Å². The zero-order valence-electron chi connectivity index (χ0n) is 13.3. The molecule has 0 radical (unpaired) electrons. The fourth-order valence-electron chi connectivity index (χ4n) is 3.16. The molecule has 2 heterocycles. The number of nitrogens with zero attached hydrogens (tertiary/aromatic N) is 1. The van der Waals surface area contributed by atoms with Crippen molar-refractivity contribution in [2.75, 3.05) is 0 Å². The fraction of sp³-hybridized carbons (Fsp3) is 0.158. The molecule has 0 unspecified atom stereocenters. The van der Waals surface area contributed by atoms with E-state index >= 15 is 0 Å². The molecule has 0 aliphatic carbocycles. The van der Waals surface area contributed by atoms with Gasteiger partial charge in [-0.1, -0.05) is 41.9 Å². The largest absolute Gasteiger partial charge is 0.350 e. The van der Waals surface area contributed by atoms with Gasteiger partial charge in [0.1, 0.15) is 11.7 Å². The summed E-state index contributed by atoms with van der Waals surface area (Å²) in [5.74, 6) is -0.442. The molecule has 1 atom stereocenters. The number of carbonyl (C=O) groups is 2. The predicted octanol–water partition coefficient (Wildman–Crippen LogP) is 2.72. The van der Waals surface area contributed by atoms with E-state index in [1.165, 1.54) is 0 Å². The predicted molar refractivity (Wildman–Crippen MR) is 96.5 cm³/mol. The van der Waals surface area contributed by atoms with Gasteiger partial charge < -0.3 is 15.2 Å². The van der Waals surface area contributed by atoms with Crippen molar-refractivity contribution in [1.82, 2.24) is 15.2 Å². The van der Waals surface area contributed by atoms with Gasteiger partial charge in [-0.25, -0.2) is 0 Å². The molecule has 3 aromatic rings. The molecule has 1 aromatic heterocycles. The molecule has 1 aliphatic rings. The minimum atomic E-state index is -0.602. The van der Waals surface area contributed by atoms with Crippen LogP contribution in [0.3, 0.4) is 0 Å². The zero-order chi connectivity index (χ0) is 17.4. The van der Waals surface area contributed by atoms with Crippen LogP contribution in [0.2, 0.25) is 5.02 Å². The Morgan fingerprint density at radius 3 is 2.88 bits per heavy atom. The molecular formula is C19H16ClN3O2. The standard InChI is InChI=1S/C19H16ClN3O2/c20-14-6-3-4-12(8-14)10-21-18(24)15-11-23-16-7-2-1-5-13(16)9-17(23)19(25)22-15/h1-9,15H,10-11H2,(H,21,24)(H,22,25)/t15-/m0/s1. The summed E-state index contributed by atoms with van der Waals surface area (Å²) in [6.07, 6.45) is 0. The first kappa shape index (κ1) is 15.7. The normalized spacial score (nSPS) is 16.4. The first-order chi connectivity index (χ1) is 12.1. The monoisotopic (exact) mass is 353 g/mol. The van der Waals surface area contributed by atoms with E-state index in [4.69, 9.17) is 11.6 Å². The SMILES string of the molecule is O=C1N[C@H](C(=O)NCc2cccc(Cl)c2)Cn2c1cc1ccccc12. The molecule has 25 heavy (non-hydrogen) atoms. The van der Waals surface area contributed by atoms with Gasteiger partial charge in [-0.3, -0.25) is 9.59 Å². The number of benzene rings is 2. The van der Waals surface area contributed by atoms with E-state index in [0.717, 1.165) is 16.5 Å². The van der Waals surface area contributed by atoms with Crippen molar-refractivity contribution in [3.63, 3.8) is 0 Å². The van der Waals surface area contributed by atoms with Crippen LogP contribution in [0.4, 0.5) is 0 Å². The van der Waals surface area contributed by atoms with E-state index in [2.05, 4.69) is 10.6 Å². The lowest BCUT2D eigenvalue weighted by atomic mass is 10.1. The lowest BCUT2D eigenvalue weighted by molar-refractivity contribution is -0.123. The van der Waals surface area contributed by atoms with Crippen LogP contribution in [0.5, 0.6) is 0 Å². The maximum Gasteiger partial charge on any atom is 0.268 e. The Balaban J connectivity index is 1.52. The second-order valence-corrected chi connectivity index (χ2v) is 6.51. The Kier molecular flexibility index (Phi) is 3.93. The summed E-state index contributed by atoms with van der Waals surface area (Å²) < 4.78 is 1.90. The summed E-state index contributed by atoms with van der Waals surface area (Å²) in [7, 11) is 0. The first-order valence-corrected chi connectivity index (χ1v) is 8.41.